The van der Waals surface area contributed by atoms with E-state index < -0.39 is 0 Å². The van der Waals surface area contributed by atoms with E-state index in [4.69, 9.17) is 9.47 Å². The predicted octanol–water partition coefficient (Wildman–Crippen LogP) is 2.96. The molecule has 0 heterocycles. The van der Waals surface area contributed by atoms with Crippen LogP contribution in [0.2, 0.25) is 0 Å². The summed E-state index contributed by atoms with van der Waals surface area (Å²) >= 11 is 1.76. The van der Waals surface area contributed by atoms with E-state index >= 15 is 0 Å². The van der Waals surface area contributed by atoms with Crippen LogP contribution in [0.4, 0.5) is 0 Å². The van der Waals surface area contributed by atoms with Crippen molar-refractivity contribution in [3.8, 4) is 0 Å². The molecule has 0 spiro atoms. The number of benzene rings is 1. The molecule has 0 aromatic heterocycles. The summed E-state index contributed by atoms with van der Waals surface area (Å²) in [5, 5.41) is 0. The van der Waals surface area contributed by atoms with Crippen molar-refractivity contribution in [2.75, 3.05) is 26.6 Å². The molecule has 0 aliphatic rings. The first-order chi connectivity index (χ1) is 7.38. The van der Waals surface area contributed by atoms with Gasteiger partial charge in [0.15, 0.2) is 0 Å². The summed E-state index contributed by atoms with van der Waals surface area (Å²) in [6.45, 7) is 2.22. The lowest BCUT2D eigenvalue weighted by Gasteiger charge is -2.07. The number of ether oxygens (including phenoxy) is 2. The summed E-state index contributed by atoms with van der Waals surface area (Å²) in [4.78, 5) is 1.30. The standard InChI is InChI=1S/C12H18O2S/c1-13-8-5-9-14-10-11-6-3-4-7-12(11)15-2/h3-4,6-7H,5,8-10H2,1-2H3. The van der Waals surface area contributed by atoms with E-state index in [-0.39, 0.29) is 0 Å². The Labute approximate surface area is 96.0 Å². The number of methoxy groups -OCH3 is 1. The van der Waals surface area contributed by atoms with E-state index in [1.54, 1.807) is 18.9 Å². The maximum Gasteiger partial charge on any atom is 0.0727 e. The Balaban J connectivity index is 2.30. The Morgan fingerprint density at radius 2 is 2.00 bits per heavy atom. The van der Waals surface area contributed by atoms with Crippen LogP contribution in [0.3, 0.4) is 0 Å². The van der Waals surface area contributed by atoms with Gasteiger partial charge in [0.25, 0.3) is 0 Å². The highest BCUT2D eigenvalue weighted by atomic mass is 32.2. The number of hydrogen-bond donors (Lipinski definition) is 0. The highest BCUT2D eigenvalue weighted by Crippen LogP contribution is 2.20. The molecule has 84 valence electrons. The zero-order valence-corrected chi connectivity index (χ0v) is 10.2. The van der Waals surface area contributed by atoms with Gasteiger partial charge in [-0.05, 0) is 24.3 Å². The van der Waals surface area contributed by atoms with E-state index in [0.29, 0.717) is 6.61 Å². The molecular weight excluding hydrogens is 208 g/mol. The molecule has 0 unspecified atom stereocenters. The predicted molar refractivity (Wildman–Crippen MR) is 64.4 cm³/mol. The highest BCUT2D eigenvalue weighted by Gasteiger charge is 1.99. The summed E-state index contributed by atoms with van der Waals surface area (Å²) < 4.78 is 10.5. The first-order valence-corrected chi connectivity index (χ1v) is 6.29. The van der Waals surface area contributed by atoms with Gasteiger partial charge < -0.3 is 9.47 Å². The van der Waals surface area contributed by atoms with Crippen LogP contribution in [0, 0.1) is 0 Å². The van der Waals surface area contributed by atoms with Crippen molar-refractivity contribution in [2.24, 2.45) is 0 Å². The van der Waals surface area contributed by atoms with Gasteiger partial charge in [-0.25, -0.2) is 0 Å². The van der Waals surface area contributed by atoms with Gasteiger partial charge in [0.2, 0.25) is 0 Å². The summed E-state index contributed by atoms with van der Waals surface area (Å²) in [6.07, 6.45) is 3.04. The smallest absolute Gasteiger partial charge is 0.0727 e. The number of rotatable bonds is 7. The summed E-state index contributed by atoms with van der Waals surface area (Å²) in [5.74, 6) is 0. The van der Waals surface area contributed by atoms with Crippen LogP contribution in [0.5, 0.6) is 0 Å². The normalized spacial score (nSPS) is 10.5. The molecule has 0 aliphatic heterocycles. The van der Waals surface area contributed by atoms with Gasteiger partial charge in [-0.3, -0.25) is 0 Å². The third-order valence-corrected chi connectivity index (χ3v) is 2.93. The molecule has 0 radical (unpaired) electrons. The topological polar surface area (TPSA) is 18.5 Å². The van der Waals surface area contributed by atoms with Crippen LogP contribution in [-0.2, 0) is 16.1 Å². The van der Waals surface area contributed by atoms with Crippen molar-refractivity contribution < 1.29 is 9.47 Å². The molecule has 0 saturated carbocycles. The van der Waals surface area contributed by atoms with Crippen LogP contribution in [0.1, 0.15) is 12.0 Å². The van der Waals surface area contributed by atoms with Crippen LogP contribution in [0.25, 0.3) is 0 Å². The van der Waals surface area contributed by atoms with Crippen molar-refractivity contribution in [3.05, 3.63) is 29.8 Å². The molecule has 0 amide bonds. The zero-order chi connectivity index (χ0) is 10.9. The Kier molecular flexibility index (Phi) is 6.48. The van der Waals surface area contributed by atoms with Crippen LogP contribution in [-0.4, -0.2) is 26.6 Å². The molecule has 0 fully saturated rings. The maximum atomic E-state index is 5.57. The quantitative estimate of drug-likeness (QED) is 0.526. The van der Waals surface area contributed by atoms with Crippen LogP contribution < -0.4 is 0 Å². The minimum atomic E-state index is 0.695. The van der Waals surface area contributed by atoms with Crippen molar-refractivity contribution in [1.29, 1.82) is 0 Å². The Hall–Kier alpha value is -0.510. The average molecular weight is 226 g/mol. The van der Waals surface area contributed by atoms with Gasteiger partial charge >= 0.3 is 0 Å². The third kappa shape index (κ3) is 4.69. The molecule has 1 aromatic carbocycles. The first-order valence-electron chi connectivity index (χ1n) is 5.07. The molecular formula is C12H18O2S. The van der Waals surface area contributed by atoms with Crippen molar-refractivity contribution in [1.82, 2.24) is 0 Å². The number of thioether (sulfide) groups is 1. The molecule has 0 N–H and O–H groups in total. The molecule has 0 aliphatic carbocycles. The second-order valence-corrected chi connectivity index (χ2v) is 4.06. The Morgan fingerprint density at radius 1 is 1.20 bits per heavy atom. The molecule has 3 heteroatoms. The van der Waals surface area contributed by atoms with E-state index in [9.17, 15) is 0 Å². The molecule has 0 saturated heterocycles. The fourth-order valence-corrected chi connectivity index (χ4v) is 1.91. The molecule has 0 bridgehead atoms. The molecule has 0 atom stereocenters. The Morgan fingerprint density at radius 3 is 2.73 bits per heavy atom. The van der Waals surface area contributed by atoms with Crippen molar-refractivity contribution >= 4 is 11.8 Å². The largest absolute Gasteiger partial charge is 0.385 e. The summed E-state index contributed by atoms with van der Waals surface area (Å²) in [5.41, 5.74) is 1.27. The molecule has 1 rings (SSSR count). The Bertz CT molecular complexity index is 276. The van der Waals surface area contributed by atoms with Gasteiger partial charge in [0, 0.05) is 25.2 Å². The fraction of sp³-hybridized carbons (Fsp3) is 0.500. The van der Waals surface area contributed by atoms with Crippen LogP contribution >= 0.6 is 11.8 Å². The molecule has 15 heavy (non-hydrogen) atoms. The lowest BCUT2D eigenvalue weighted by molar-refractivity contribution is 0.0918. The second-order valence-electron chi connectivity index (χ2n) is 3.21. The summed E-state index contributed by atoms with van der Waals surface area (Å²) in [7, 11) is 1.71. The third-order valence-electron chi connectivity index (χ3n) is 2.09. The van der Waals surface area contributed by atoms with Gasteiger partial charge in [0.1, 0.15) is 0 Å². The van der Waals surface area contributed by atoms with E-state index in [1.165, 1.54) is 10.5 Å². The molecule has 1 aromatic rings. The maximum absolute atomic E-state index is 5.57. The van der Waals surface area contributed by atoms with Gasteiger partial charge in [-0.1, -0.05) is 18.2 Å². The van der Waals surface area contributed by atoms with Crippen LogP contribution in [0.15, 0.2) is 29.2 Å². The van der Waals surface area contributed by atoms with Gasteiger partial charge in [-0.15, -0.1) is 11.8 Å². The van der Waals surface area contributed by atoms with Crippen molar-refractivity contribution in [2.45, 2.75) is 17.9 Å². The van der Waals surface area contributed by atoms with Gasteiger partial charge in [0.05, 0.1) is 6.61 Å². The van der Waals surface area contributed by atoms with E-state index in [2.05, 4.69) is 24.5 Å². The zero-order valence-electron chi connectivity index (χ0n) is 9.36. The van der Waals surface area contributed by atoms with Gasteiger partial charge in [-0.2, -0.15) is 0 Å². The van der Waals surface area contributed by atoms with E-state index in [0.717, 1.165) is 19.6 Å². The first kappa shape index (κ1) is 12.6. The number of hydrogen-bond acceptors (Lipinski definition) is 3. The second kappa shape index (κ2) is 7.74. The monoisotopic (exact) mass is 226 g/mol. The van der Waals surface area contributed by atoms with Crippen molar-refractivity contribution in [3.63, 3.8) is 0 Å². The summed E-state index contributed by atoms with van der Waals surface area (Å²) in [6, 6.07) is 8.34. The highest BCUT2D eigenvalue weighted by molar-refractivity contribution is 7.98. The SMILES string of the molecule is COCCCOCc1ccccc1SC. The lowest BCUT2D eigenvalue weighted by atomic mass is 10.2. The minimum Gasteiger partial charge on any atom is -0.385 e. The fourth-order valence-electron chi connectivity index (χ4n) is 1.31. The molecule has 2 nitrogen and oxygen atoms in total. The average Bonchev–Trinajstić information content (AvgIpc) is 2.29. The van der Waals surface area contributed by atoms with E-state index in [1.807, 2.05) is 6.07 Å². The lowest BCUT2D eigenvalue weighted by Crippen LogP contribution is -2.00. The minimum absolute atomic E-state index is 0.695.